The largest absolute Gasteiger partial charge is 0.361 e. The molecule has 1 amide bonds. The van der Waals surface area contributed by atoms with Gasteiger partial charge in [-0.2, -0.15) is 4.31 Å². The molecule has 40 heavy (non-hydrogen) atoms. The average molecular weight is 599 g/mol. The van der Waals surface area contributed by atoms with Crippen molar-refractivity contribution in [3.8, 4) is 0 Å². The second-order valence-corrected chi connectivity index (χ2v) is 13.3. The SMILES string of the molecule is Cc1cc(C)c(S(=O)(=O)N(CC(=O)N(CCc2c[nH]c3ccccc23)Cc2ccc(Cl)c(Cl)c2)C2CC2)c(C)c1. The van der Waals surface area contributed by atoms with Gasteiger partial charge in [0.25, 0.3) is 0 Å². The molecule has 4 aromatic rings. The number of hydrogen-bond acceptors (Lipinski definition) is 3. The van der Waals surface area contributed by atoms with Crippen molar-refractivity contribution in [2.24, 2.45) is 0 Å². The minimum atomic E-state index is -3.87. The highest BCUT2D eigenvalue weighted by atomic mass is 35.5. The Balaban J connectivity index is 1.43. The fraction of sp³-hybridized carbons (Fsp3) is 0.323. The number of aromatic nitrogens is 1. The number of rotatable bonds is 10. The summed E-state index contributed by atoms with van der Waals surface area (Å²) in [5.41, 5.74) is 5.36. The number of carbonyl (C=O) groups is 1. The van der Waals surface area contributed by atoms with E-state index in [4.69, 9.17) is 23.2 Å². The van der Waals surface area contributed by atoms with E-state index in [1.807, 2.05) is 63.4 Å². The molecule has 0 unspecified atom stereocenters. The van der Waals surface area contributed by atoms with Gasteiger partial charge in [-0.3, -0.25) is 4.79 Å². The van der Waals surface area contributed by atoms with Gasteiger partial charge >= 0.3 is 0 Å². The molecule has 1 aromatic heterocycles. The molecule has 1 N–H and O–H groups in total. The highest BCUT2D eigenvalue weighted by molar-refractivity contribution is 7.89. The monoisotopic (exact) mass is 597 g/mol. The summed E-state index contributed by atoms with van der Waals surface area (Å²) in [6.45, 7) is 6.08. The third kappa shape index (κ3) is 6.08. The fourth-order valence-electron chi connectivity index (χ4n) is 5.44. The smallest absolute Gasteiger partial charge is 0.244 e. The predicted molar refractivity (Wildman–Crippen MR) is 161 cm³/mol. The summed E-state index contributed by atoms with van der Waals surface area (Å²) in [5, 5.41) is 1.96. The molecule has 1 saturated carbocycles. The van der Waals surface area contributed by atoms with Crippen molar-refractivity contribution >= 4 is 50.0 Å². The Kier molecular flexibility index (Phi) is 8.30. The number of hydrogen-bond donors (Lipinski definition) is 1. The number of nitrogens with zero attached hydrogens (tertiary/aromatic N) is 2. The molecule has 0 atom stereocenters. The summed E-state index contributed by atoms with van der Waals surface area (Å²) in [7, 11) is -3.87. The van der Waals surface area contributed by atoms with Crippen LogP contribution in [0.1, 0.15) is 40.7 Å². The second-order valence-electron chi connectivity index (χ2n) is 10.7. The summed E-state index contributed by atoms with van der Waals surface area (Å²) in [6, 6.07) is 16.9. The van der Waals surface area contributed by atoms with Gasteiger partial charge in [-0.1, -0.05) is 65.2 Å². The van der Waals surface area contributed by atoms with E-state index >= 15 is 0 Å². The molecule has 3 aromatic carbocycles. The lowest BCUT2D eigenvalue weighted by atomic mass is 10.1. The van der Waals surface area contributed by atoms with E-state index in [1.165, 1.54) is 4.31 Å². The lowest BCUT2D eigenvalue weighted by molar-refractivity contribution is -0.132. The number of halogens is 2. The molecule has 210 valence electrons. The normalized spacial score (nSPS) is 13.8. The predicted octanol–water partition coefficient (Wildman–Crippen LogP) is 6.82. The zero-order valence-corrected chi connectivity index (χ0v) is 25.2. The Morgan fingerprint density at radius 2 is 1.68 bits per heavy atom. The first-order valence-electron chi connectivity index (χ1n) is 13.4. The quantitative estimate of drug-likeness (QED) is 0.218. The van der Waals surface area contributed by atoms with Gasteiger partial charge in [-0.05, 0) is 80.5 Å². The summed E-state index contributed by atoms with van der Waals surface area (Å²) in [6.07, 6.45) is 4.08. The Hall–Kier alpha value is -2.84. The van der Waals surface area contributed by atoms with Gasteiger partial charge in [0.15, 0.2) is 0 Å². The first kappa shape index (κ1) is 28.7. The van der Waals surface area contributed by atoms with Gasteiger partial charge in [0.1, 0.15) is 0 Å². The third-order valence-corrected chi connectivity index (χ3v) is 10.4. The van der Waals surface area contributed by atoms with Crippen LogP contribution < -0.4 is 0 Å². The Bertz CT molecular complexity index is 1660. The molecule has 1 aliphatic rings. The van der Waals surface area contributed by atoms with E-state index in [1.54, 1.807) is 17.0 Å². The summed E-state index contributed by atoms with van der Waals surface area (Å²) in [4.78, 5) is 19.2. The van der Waals surface area contributed by atoms with Crippen LogP contribution in [0.2, 0.25) is 10.0 Å². The third-order valence-electron chi connectivity index (χ3n) is 7.45. The van der Waals surface area contributed by atoms with E-state index in [9.17, 15) is 13.2 Å². The van der Waals surface area contributed by atoms with E-state index in [2.05, 4.69) is 11.1 Å². The van der Waals surface area contributed by atoms with Crippen molar-refractivity contribution < 1.29 is 13.2 Å². The number of aromatic amines is 1. The lowest BCUT2D eigenvalue weighted by Gasteiger charge is -2.28. The topological polar surface area (TPSA) is 73.5 Å². The molecule has 1 fully saturated rings. The van der Waals surface area contributed by atoms with Gasteiger partial charge in [0.2, 0.25) is 15.9 Å². The van der Waals surface area contributed by atoms with Crippen LogP contribution in [0.15, 0.2) is 65.7 Å². The van der Waals surface area contributed by atoms with Crippen LogP contribution in [0.3, 0.4) is 0 Å². The van der Waals surface area contributed by atoms with E-state index in [0.29, 0.717) is 45.6 Å². The molecular weight excluding hydrogens is 565 g/mol. The fourth-order valence-corrected chi connectivity index (χ4v) is 7.81. The van der Waals surface area contributed by atoms with Gasteiger partial charge in [-0.25, -0.2) is 8.42 Å². The molecule has 0 aliphatic heterocycles. The number of aryl methyl sites for hydroxylation is 3. The molecular formula is C31H33Cl2N3O3S. The van der Waals surface area contributed by atoms with E-state index in [0.717, 1.165) is 40.4 Å². The maximum atomic E-state index is 14.0. The highest BCUT2D eigenvalue weighted by Crippen LogP contribution is 2.35. The maximum absolute atomic E-state index is 14.0. The number of para-hydroxylation sites is 1. The van der Waals surface area contributed by atoms with E-state index < -0.39 is 10.0 Å². The minimum Gasteiger partial charge on any atom is -0.361 e. The van der Waals surface area contributed by atoms with Crippen LogP contribution in [-0.4, -0.2) is 47.6 Å². The highest BCUT2D eigenvalue weighted by Gasteiger charge is 2.41. The van der Waals surface area contributed by atoms with Crippen LogP contribution in [-0.2, 0) is 27.8 Å². The Morgan fingerprint density at radius 3 is 2.35 bits per heavy atom. The van der Waals surface area contributed by atoms with Crippen LogP contribution in [0.4, 0.5) is 0 Å². The molecule has 1 aliphatic carbocycles. The summed E-state index contributed by atoms with van der Waals surface area (Å²) < 4.78 is 29.4. The molecule has 0 radical (unpaired) electrons. The molecule has 9 heteroatoms. The molecule has 0 spiro atoms. The number of benzene rings is 3. The number of nitrogens with one attached hydrogen (secondary N) is 1. The number of H-pyrrole nitrogens is 1. The summed E-state index contributed by atoms with van der Waals surface area (Å²) >= 11 is 12.4. The van der Waals surface area contributed by atoms with Gasteiger partial charge in [0.05, 0.1) is 21.5 Å². The van der Waals surface area contributed by atoms with Crippen LogP contribution >= 0.6 is 23.2 Å². The van der Waals surface area contributed by atoms with Gasteiger partial charge < -0.3 is 9.88 Å². The van der Waals surface area contributed by atoms with Crippen LogP contribution in [0, 0.1) is 20.8 Å². The van der Waals surface area contributed by atoms with Crippen LogP contribution in [0.5, 0.6) is 0 Å². The summed E-state index contributed by atoms with van der Waals surface area (Å²) in [5.74, 6) is -0.246. The van der Waals surface area contributed by atoms with E-state index in [-0.39, 0.29) is 18.5 Å². The molecule has 6 nitrogen and oxygen atoms in total. The Morgan fingerprint density at radius 1 is 0.975 bits per heavy atom. The van der Waals surface area contributed by atoms with Crippen molar-refractivity contribution in [2.75, 3.05) is 13.1 Å². The van der Waals surface area contributed by atoms with Crippen molar-refractivity contribution in [1.29, 1.82) is 0 Å². The van der Waals surface area contributed by atoms with Crippen molar-refractivity contribution in [3.05, 3.63) is 98.7 Å². The van der Waals surface area contributed by atoms with Crippen molar-refractivity contribution in [3.63, 3.8) is 0 Å². The maximum Gasteiger partial charge on any atom is 0.244 e. The molecule has 5 rings (SSSR count). The molecule has 1 heterocycles. The standard InChI is InChI=1S/C31H33Cl2N3O3S/c1-20-14-21(2)31(22(3)15-20)40(38,39)36(25-9-10-25)19-30(37)35(18-23-8-11-27(32)28(33)16-23)13-12-24-17-34-29-7-5-4-6-26(24)29/h4-8,11,14-17,25,34H,9-10,12-13,18-19H2,1-3H3. The van der Waals surface area contributed by atoms with Crippen molar-refractivity contribution in [2.45, 2.75) is 57.5 Å². The zero-order chi connectivity index (χ0) is 28.6. The second kappa shape index (κ2) is 11.6. The van der Waals surface area contributed by atoms with Crippen LogP contribution in [0.25, 0.3) is 10.9 Å². The first-order chi connectivity index (χ1) is 19.0. The van der Waals surface area contributed by atoms with Gasteiger partial charge in [0, 0.05) is 36.2 Å². The van der Waals surface area contributed by atoms with Crippen molar-refractivity contribution in [1.82, 2.24) is 14.2 Å². The lowest BCUT2D eigenvalue weighted by Crippen LogP contribution is -2.44. The average Bonchev–Trinajstić information content (AvgIpc) is 3.65. The number of carbonyl (C=O) groups excluding carboxylic acids is 1. The minimum absolute atomic E-state index is 0.172. The number of sulfonamides is 1. The van der Waals surface area contributed by atoms with Gasteiger partial charge in [-0.15, -0.1) is 0 Å². The number of fused-ring (bicyclic) bond motifs is 1. The molecule has 0 bridgehead atoms. The zero-order valence-electron chi connectivity index (χ0n) is 22.9. The Labute approximate surface area is 245 Å². The number of amides is 1. The first-order valence-corrected chi connectivity index (χ1v) is 15.6. The molecule has 0 saturated heterocycles.